The second-order valence-corrected chi connectivity index (χ2v) is 4.10. The molecule has 0 saturated heterocycles. The molecule has 1 amide bonds. The van der Waals surface area contributed by atoms with E-state index in [1.54, 1.807) is 25.3 Å². The molecule has 0 aliphatic heterocycles. The van der Waals surface area contributed by atoms with Gasteiger partial charge >= 0.3 is 0 Å². The number of amides is 1. The van der Waals surface area contributed by atoms with E-state index in [1.165, 1.54) is 0 Å². The molecule has 1 aromatic rings. The van der Waals surface area contributed by atoms with Crippen LogP contribution in [0, 0.1) is 5.92 Å². The molecule has 16 heavy (non-hydrogen) atoms. The van der Waals surface area contributed by atoms with Gasteiger partial charge in [-0.2, -0.15) is 0 Å². The fourth-order valence-electron chi connectivity index (χ4n) is 1.37. The van der Waals surface area contributed by atoms with Crippen LogP contribution in [0.5, 0.6) is 5.75 Å². The lowest BCUT2D eigenvalue weighted by molar-refractivity contribution is -0.116. The van der Waals surface area contributed by atoms with E-state index >= 15 is 0 Å². The fraction of sp³-hybridized carbons (Fsp3) is 0.417. The number of methoxy groups -OCH3 is 1. The monoisotopic (exact) mass is 222 g/mol. The van der Waals surface area contributed by atoms with Crippen molar-refractivity contribution >= 4 is 17.3 Å². The summed E-state index contributed by atoms with van der Waals surface area (Å²) >= 11 is 0. The Balaban J connectivity index is 2.71. The van der Waals surface area contributed by atoms with Gasteiger partial charge in [0, 0.05) is 18.2 Å². The third-order valence-corrected chi connectivity index (χ3v) is 2.11. The zero-order valence-electron chi connectivity index (χ0n) is 9.91. The quantitative estimate of drug-likeness (QED) is 0.768. The Bertz CT molecular complexity index is 375. The lowest BCUT2D eigenvalue weighted by Crippen LogP contribution is -2.13. The van der Waals surface area contributed by atoms with Crippen molar-refractivity contribution in [1.29, 1.82) is 0 Å². The molecule has 4 heteroatoms. The van der Waals surface area contributed by atoms with E-state index in [1.807, 2.05) is 13.8 Å². The minimum atomic E-state index is 0.00169. The van der Waals surface area contributed by atoms with Crippen LogP contribution in [0.15, 0.2) is 18.2 Å². The minimum absolute atomic E-state index is 0.00169. The van der Waals surface area contributed by atoms with E-state index in [0.29, 0.717) is 29.5 Å². The zero-order valence-corrected chi connectivity index (χ0v) is 9.91. The molecular formula is C12H18N2O2. The number of carbonyl (C=O) groups excluding carboxylic acids is 1. The molecule has 0 atom stereocenters. The van der Waals surface area contributed by atoms with Crippen LogP contribution in [-0.4, -0.2) is 13.0 Å². The Morgan fingerprint density at radius 2 is 2.19 bits per heavy atom. The molecule has 3 N–H and O–H groups in total. The fourth-order valence-corrected chi connectivity index (χ4v) is 1.37. The van der Waals surface area contributed by atoms with Crippen LogP contribution < -0.4 is 15.8 Å². The van der Waals surface area contributed by atoms with Gasteiger partial charge in [-0.15, -0.1) is 0 Å². The van der Waals surface area contributed by atoms with Crippen LogP contribution >= 0.6 is 0 Å². The largest absolute Gasteiger partial charge is 0.495 e. The summed E-state index contributed by atoms with van der Waals surface area (Å²) in [5.74, 6) is 0.917. The first-order chi connectivity index (χ1) is 7.52. The van der Waals surface area contributed by atoms with Gasteiger partial charge in [-0.3, -0.25) is 4.79 Å². The molecule has 0 fully saturated rings. The van der Waals surface area contributed by atoms with Crippen LogP contribution in [0.1, 0.15) is 20.3 Å². The zero-order chi connectivity index (χ0) is 12.1. The van der Waals surface area contributed by atoms with Gasteiger partial charge in [-0.25, -0.2) is 0 Å². The molecule has 0 aromatic heterocycles. The molecule has 0 radical (unpaired) electrons. The van der Waals surface area contributed by atoms with E-state index in [9.17, 15) is 4.79 Å². The Morgan fingerprint density at radius 3 is 2.75 bits per heavy atom. The topological polar surface area (TPSA) is 64.3 Å². The Kier molecular flexibility index (Phi) is 4.17. The smallest absolute Gasteiger partial charge is 0.224 e. The first-order valence-electron chi connectivity index (χ1n) is 5.26. The van der Waals surface area contributed by atoms with Gasteiger partial charge in [-0.1, -0.05) is 13.8 Å². The maximum atomic E-state index is 11.5. The van der Waals surface area contributed by atoms with E-state index in [-0.39, 0.29) is 5.91 Å². The molecule has 4 nitrogen and oxygen atoms in total. The van der Waals surface area contributed by atoms with Crippen molar-refractivity contribution in [2.45, 2.75) is 20.3 Å². The second-order valence-electron chi connectivity index (χ2n) is 4.10. The Labute approximate surface area is 95.8 Å². The third kappa shape index (κ3) is 3.46. The van der Waals surface area contributed by atoms with Crippen molar-refractivity contribution in [3.8, 4) is 5.75 Å². The predicted octanol–water partition coefficient (Wildman–Crippen LogP) is 2.26. The number of nitrogen functional groups attached to an aromatic ring is 1. The van der Waals surface area contributed by atoms with E-state index in [2.05, 4.69) is 5.32 Å². The van der Waals surface area contributed by atoms with Gasteiger partial charge in [0.25, 0.3) is 0 Å². The van der Waals surface area contributed by atoms with Gasteiger partial charge in [0.15, 0.2) is 0 Å². The standard InChI is InChI=1S/C12H18N2O2/c1-8(2)6-12(15)14-9-4-5-10(13)11(7-9)16-3/h4-5,7-8H,6,13H2,1-3H3,(H,14,15). The first-order valence-corrected chi connectivity index (χ1v) is 5.26. The SMILES string of the molecule is COc1cc(NC(=O)CC(C)C)ccc1N. The predicted molar refractivity (Wildman–Crippen MR) is 65.5 cm³/mol. The number of benzene rings is 1. The number of hydrogen-bond donors (Lipinski definition) is 2. The highest BCUT2D eigenvalue weighted by atomic mass is 16.5. The Hall–Kier alpha value is -1.71. The van der Waals surface area contributed by atoms with Gasteiger partial charge in [-0.05, 0) is 18.1 Å². The minimum Gasteiger partial charge on any atom is -0.495 e. The van der Waals surface area contributed by atoms with Crippen LogP contribution in [0.25, 0.3) is 0 Å². The van der Waals surface area contributed by atoms with Crippen molar-refractivity contribution in [1.82, 2.24) is 0 Å². The van der Waals surface area contributed by atoms with Crippen LogP contribution in [-0.2, 0) is 4.79 Å². The van der Waals surface area contributed by atoms with Gasteiger partial charge in [0.2, 0.25) is 5.91 Å². The molecular weight excluding hydrogens is 204 g/mol. The molecule has 0 spiro atoms. The first kappa shape index (κ1) is 12.4. The average molecular weight is 222 g/mol. The van der Waals surface area contributed by atoms with Gasteiger partial charge < -0.3 is 15.8 Å². The van der Waals surface area contributed by atoms with E-state index < -0.39 is 0 Å². The van der Waals surface area contributed by atoms with Gasteiger partial charge in [0.1, 0.15) is 5.75 Å². The summed E-state index contributed by atoms with van der Waals surface area (Å²) in [7, 11) is 1.55. The maximum Gasteiger partial charge on any atom is 0.224 e. The molecule has 0 heterocycles. The van der Waals surface area contributed by atoms with Crippen LogP contribution in [0.2, 0.25) is 0 Å². The number of nitrogens with two attached hydrogens (primary N) is 1. The van der Waals surface area contributed by atoms with Crippen molar-refractivity contribution in [2.24, 2.45) is 5.92 Å². The second kappa shape index (κ2) is 5.39. The number of ether oxygens (including phenoxy) is 1. The highest BCUT2D eigenvalue weighted by molar-refractivity contribution is 5.91. The molecule has 1 aromatic carbocycles. The molecule has 0 aliphatic rings. The number of nitrogens with one attached hydrogen (secondary N) is 1. The molecule has 0 unspecified atom stereocenters. The lowest BCUT2D eigenvalue weighted by Gasteiger charge is -2.09. The number of anilines is 2. The molecule has 0 saturated carbocycles. The third-order valence-electron chi connectivity index (χ3n) is 2.11. The van der Waals surface area contributed by atoms with Crippen molar-refractivity contribution in [2.75, 3.05) is 18.2 Å². The van der Waals surface area contributed by atoms with Crippen molar-refractivity contribution in [3.63, 3.8) is 0 Å². The summed E-state index contributed by atoms with van der Waals surface area (Å²) in [6, 6.07) is 5.19. The van der Waals surface area contributed by atoms with Crippen molar-refractivity contribution in [3.05, 3.63) is 18.2 Å². The molecule has 0 aliphatic carbocycles. The highest BCUT2D eigenvalue weighted by Gasteiger charge is 2.06. The van der Waals surface area contributed by atoms with Crippen LogP contribution in [0.3, 0.4) is 0 Å². The normalized spacial score (nSPS) is 10.2. The van der Waals surface area contributed by atoms with Gasteiger partial charge in [0.05, 0.1) is 12.8 Å². The van der Waals surface area contributed by atoms with E-state index in [0.717, 1.165) is 0 Å². The Morgan fingerprint density at radius 1 is 1.50 bits per heavy atom. The van der Waals surface area contributed by atoms with Crippen LogP contribution in [0.4, 0.5) is 11.4 Å². The highest BCUT2D eigenvalue weighted by Crippen LogP contribution is 2.25. The summed E-state index contributed by atoms with van der Waals surface area (Å²) in [6.45, 7) is 4.01. The molecule has 88 valence electrons. The average Bonchev–Trinajstić information content (AvgIpc) is 2.19. The number of hydrogen-bond acceptors (Lipinski definition) is 3. The van der Waals surface area contributed by atoms with Crippen molar-refractivity contribution < 1.29 is 9.53 Å². The number of rotatable bonds is 4. The molecule has 0 bridgehead atoms. The lowest BCUT2D eigenvalue weighted by atomic mass is 10.1. The van der Waals surface area contributed by atoms with E-state index in [4.69, 9.17) is 10.5 Å². The summed E-state index contributed by atoms with van der Waals surface area (Å²) in [5, 5.41) is 2.80. The summed E-state index contributed by atoms with van der Waals surface area (Å²) < 4.78 is 5.07. The summed E-state index contributed by atoms with van der Waals surface area (Å²) in [4.78, 5) is 11.5. The number of carbonyl (C=O) groups is 1. The summed E-state index contributed by atoms with van der Waals surface area (Å²) in [6.07, 6.45) is 0.507. The summed E-state index contributed by atoms with van der Waals surface area (Å²) in [5.41, 5.74) is 6.94. The molecule has 1 rings (SSSR count). The maximum absolute atomic E-state index is 11.5.